The van der Waals surface area contributed by atoms with Crippen molar-refractivity contribution >= 4 is 11.6 Å². The summed E-state index contributed by atoms with van der Waals surface area (Å²) in [6, 6.07) is 11.9. The Morgan fingerprint density at radius 1 is 1.04 bits per heavy atom. The van der Waals surface area contributed by atoms with Crippen molar-refractivity contribution in [3.8, 4) is 0 Å². The van der Waals surface area contributed by atoms with Crippen molar-refractivity contribution in [3.63, 3.8) is 0 Å². The van der Waals surface area contributed by atoms with Crippen molar-refractivity contribution in [2.75, 3.05) is 31.2 Å². The standard InChI is InChI=1S/C17H21N5O2/c1-13-11-16(21(7-9-23)8-10-24)22-17(18-13)19-15(20-22)12-14-5-3-2-4-6-14/h2-6,11,23-24H,7-10,12H2,1H3. The van der Waals surface area contributed by atoms with Gasteiger partial charge in [0.25, 0.3) is 5.78 Å². The van der Waals surface area contributed by atoms with Gasteiger partial charge >= 0.3 is 0 Å². The number of rotatable bonds is 7. The van der Waals surface area contributed by atoms with Crippen LogP contribution in [-0.2, 0) is 6.42 Å². The quantitative estimate of drug-likeness (QED) is 0.668. The minimum atomic E-state index is -0.00552. The van der Waals surface area contributed by atoms with Crippen LogP contribution < -0.4 is 4.90 Å². The minimum Gasteiger partial charge on any atom is -0.395 e. The van der Waals surface area contributed by atoms with Crippen molar-refractivity contribution in [2.45, 2.75) is 13.3 Å². The molecule has 0 aliphatic heterocycles. The smallest absolute Gasteiger partial charge is 0.254 e. The van der Waals surface area contributed by atoms with E-state index in [-0.39, 0.29) is 13.2 Å². The molecule has 0 saturated carbocycles. The van der Waals surface area contributed by atoms with Gasteiger partial charge in [-0.05, 0) is 12.5 Å². The molecule has 0 saturated heterocycles. The lowest BCUT2D eigenvalue weighted by Gasteiger charge is -2.23. The summed E-state index contributed by atoms with van der Waals surface area (Å²) in [6.45, 7) is 2.70. The second-order valence-corrected chi connectivity index (χ2v) is 5.59. The van der Waals surface area contributed by atoms with Gasteiger partial charge in [0.15, 0.2) is 5.82 Å². The highest BCUT2D eigenvalue weighted by Gasteiger charge is 2.15. The molecule has 0 spiro atoms. The maximum atomic E-state index is 9.28. The van der Waals surface area contributed by atoms with E-state index < -0.39 is 0 Å². The van der Waals surface area contributed by atoms with E-state index in [0.29, 0.717) is 31.1 Å². The lowest BCUT2D eigenvalue weighted by Crippen LogP contribution is -2.31. The zero-order chi connectivity index (χ0) is 16.9. The molecule has 126 valence electrons. The summed E-state index contributed by atoms with van der Waals surface area (Å²) in [4.78, 5) is 10.8. The first-order valence-corrected chi connectivity index (χ1v) is 7.95. The largest absolute Gasteiger partial charge is 0.395 e. The first-order chi connectivity index (χ1) is 11.7. The summed E-state index contributed by atoms with van der Waals surface area (Å²) in [6.07, 6.45) is 0.628. The Morgan fingerprint density at radius 3 is 2.42 bits per heavy atom. The van der Waals surface area contributed by atoms with E-state index in [1.54, 1.807) is 4.52 Å². The number of aromatic nitrogens is 4. The lowest BCUT2D eigenvalue weighted by atomic mass is 10.1. The highest BCUT2D eigenvalue weighted by molar-refractivity contribution is 5.48. The molecule has 3 aromatic rings. The molecule has 1 aromatic carbocycles. The van der Waals surface area contributed by atoms with Crippen molar-refractivity contribution < 1.29 is 10.2 Å². The van der Waals surface area contributed by atoms with Crippen LogP contribution in [0.2, 0.25) is 0 Å². The van der Waals surface area contributed by atoms with Crippen LogP contribution in [0.3, 0.4) is 0 Å². The van der Waals surface area contributed by atoms with Crippen LogP contribution in [0.5, 0.6) is 0 Å². The van der Waals surface area contributed by atoms with Gasteiger partial charge in [0, 0.05) is 31.3 Å². The molecular formula is C17H21N5O2. The van der Waals surface area contributed by atoms with Gasteiger partial charge in [-0.3, -0.25) is 0 Å². The van der Waals surface area contributed by atoms with Gasteiger partial charge < -0.3 is 15.1 Å². The Hall–Kier alpha value is -2.51. The van der Waals surface area contributed by atoms with Crippen molar-refractivity contribution in [2.24, 2.45) is 0 Å². The Bertz CT molecular complexity index is 797. The first-order valence-electron chi connectivity index (χ1n) is 7.95. The average Bonchev–Trinajstić information content (AvgIpc) is 2.97. The molecule has 0 unspecified atom stereocenters. The van der Waals surface area contributed by atoms with Gasteiger partial charge in [0.2, 0.25) is 0 Å². The van der Waals surface area contributed by atoms with Crippen LogP contribution in [0.25, 0.3) is 5.78 Å². The third-order valence-corrected chi connectivity index (χ3v) is 3.73. The van der Waals surface area contributed by atoms with Crippen molar-refractivity contribution in [3.05, 3.63) is 53.5 Å². The van der Waals surface area contributed by atoms with Gasteiger partial charge in [-0.15, -0.1) is 5.10 Å². The van der Waals surface area contributed by atoms with E-state index in [4.69, 9.17) is 0 Å². The van der Waals surface area contributed by atoms with E-state index in [2.05, 4.69) is 15.1 Å². The fourth-order valence-corrected chi connectivity index (χ4v) is 2.67. The van der Waals surface area contributed by atoms with Gasteiger partial charge in [0.1, 0.15) is 5.82 Å². The molecule has 0 aliphatic carbocycles. The third-order valence-electron chi connectivity index (χ3n) is 3.73. The van der Waals surface area contributed by atoms with Crippen molar-refractivity contribution in [1.29, 1.82) is 0 Å². The number of hydrogen-bond acceptors (Lipinski definition) is 6. The highest BCUT2D eigenvalue weighted by atomic mass is 16.3. The number of aliphatic hydroxyl groups is 2. The average molecular weight is 327 g/mol. The molecule has 2 aromatic heterocycles. The van der Waals surface area contributed by atoms with Gasteiger partial charge in [-0.2, -0.15) is 9.50 Å². The van der Waals surface area contributed by atoms with Crippen LogP contribution in [0.15, 0.2) is 36.4 Å². The monoisotopic (exact) mass is 327 g/mol. The molecule has 7 heteroatoms. The Kier molecular flexibility index (Phi) is 5.02. The predicted molar refractivity (Wildman–Crippen MR) is 91.2 cm³/mol. The summed E-state index contributed by atoms with van der Waals surface area (Å²) < 4.78 is 1.68. The van der Waals surface area contributed by atoms with E-state index >= 15 is 0 Å². The number of nitrogens with zero attached hydrogens (tertiary/aromatic N) is 5. The molecule has 0 bridgehead atoms. The van der Waals surface area contributed by atoms with Crippen LogP contribution in [0, 0.1) is 6.92 Å². The fraction of sp³-hybridized carbons (Fsp3) is 0.353. The maximum absolute atomic E-state index is 9.28. The number of aliphatic hydroxyl groups excluding tert-OH is 2. The van der Waals surface area contributed by atoms with Crippen LogP contribution in [0.4, 0.5) is 5.82 Å². The van der Waals surface area contributed by atoms with Crippen LogP contribution >= 0.6 is 0 Å². The van der Waals surface area contributed by atoms with Gasteiger partial charge in [-0.1, -0.05) is 30.3 Å². The maximum Gasteiger partial charge on any atom is 0.254 e. The summed E-state index contributed by atoms with van der Waals surface area (Å²) in [5, 5.41) is 23.1. The zero-order valence-electron chi connectivity index (χ0n) is 13.6. The topological polar surface area (TPSA) is 86.8 Å². The third kappa shape index (κ3) is 3.52. The predicted octanol–water partition coefficient (Wildman–Crippen LogP) is 0.815. The molecule has 0 fully saturated rings. The molecule has 24 heavy (non-hydrogen) atoms. The SMILES string of the molecule is Cc1cc(N(CCO)CCO)n2nc(Cc3ccccc3)nc2n1. The Morgan fingerprint density at radius 2 is 1.75 bits per heavy atom. The lowest BCUT2D eigenvalue weighted by molar-refractivity contribution is 0.280. The number of hydrogen-bond donors (Lipinski definition) is 2. The van der Waals surface area contributed by atoms with E-state index in [1.807, 2.05) is 48.2 Å². The highest BCUT2D eigenvalue weighted by Crippen LogP contribution is 2.17. The van der Waals surface area contributed by atoms with Crippen LogP contribution in [0.1, 0.15) is 17.1 Å². The second kappa shape index (κ2) is 7.37. The summed E-state index contributed by atoms with van der Waals surface area (Å²) in [7, 11) is 0. The Balaban J connectivity index is 2.00. The van der Waals surface area contributed by atoms with E-state index in [0.717, 1.165) is 17.1 Å². The summed E-state index contributed by atoms with van der Waals surface area (Å²) >= 11 is 0. The van der Waals surface area contributed by atoms with Gasteiger partial charge in [-0.25, -0.2) is 4.98 Å². The zero-order valence-corrected chi connectivity index (χ0v) is 13.6. The normalized spacial score (nSPS) is 11.1. The van der Waals surface area contributed by atoms with Crippen molar-refractivity contribution in [1.82, 2.24) is 19.6 Å². The molecule has 2 N–H and O–H groups in total. The second-order valence-electron chi connectivity index (χ2n) is 5.59. The number of anilines is 1. The summed E-state index contributed by atoms with van der Waals surface area (Å²) in [5.74, 6) is 1.98. The molecule has 0 amide bonds. The Labute approximate surface area is 140 Å². The van der Waals surface area contributed by atoms with Crippen LogP contribution in [-0.4, -0.2) is 56.1 Å². The van der Waals surface area contributed by atoms with E-state index in [1.165, 1.54) is 0 Å². The summed E-state index contributed by atoms with van der Waals surface area (Å²) in [5.41, 5.74) is 1.95. The molecule has 0 radical (unpaired) electrons. The number of benzene rings is 1. The first kappa shape index (κ1) is 16.4. The van der Waals surface area contributed by atoms with Gasteiger partial charge in [0.05, 0.1) is 13.2 Å². The number of fused-ring (bicyclic) bond motifs is 1. The molecule has 0 aliphatic rings. The van der Waals surface area contributed by atoms with E-state index in [9.17, 15) is 10.2 Å². The molecule has 3 rings (SSSR count). The number of aryl methyl sites for hydroxylation is 1. The molecular weight excluding hydrogens is 306 g/mol. The molecule has 7 nitrogen and oxygen atoms in total. The fourth-order valence-electron chi connectivity index (χ4n) is 2.67. The minimum absolute atomic E-state index is 0.00552. The molecule has 2 heterocycles. The molecule has 0 atom stereocenters.